The number of carboxylic acid groups (broad SMARTS) is 1. The molecule has 0 atom stereocenters. The molecule has 0 unspecified atom stereocenters. The van der Waals surface area contributed by atoms with Gasteiger partial charge in [0.2, 0.25) is 0 Å². The van der Waals surface area contributed by atoms with Crippen LogP contribution in [-0.2, 0) is 6.61 Å². The molecule has 0 spiro atoms. The second kappa shape index (κ2) is 7.74. The highest BCUT2D eigenvalue weighted by Gasteiger charge is 2.15. The van der Waals surface area contributed by atoms with Crippen LogP contribution in [0.15, 0.2) is 60.7 Å². The first-order chi connectivity index (χ1) is 13.0. The van der Waals surface area contributed by atoms with E-state index in [-0.39, 0.29) is 17.9 Å². The highest BCUT2D eigenvalue weighted by atomic mass is 16.5. The summed E-state index contributed by atoms with van der Waals surface area (Å²) in [5.41, 5.74) is 3.17. The predicted octanol–water partition coefficient (Wildman–Crippen LogP) is 4.46. The monoisotopic (exact) mass is 362 g/mol. The number of aryl methyl sites for hydroxylation is 1. The number of rotatable bonds is 6. The van der Waals surface area contributed by atoms with Crippen molar-refractivity contribution in [3.05, 3.63) is 82.9 Å². The second-order valence-corrected chi connectivity index (χ2v) is 6.15. The molecule has 5 heteroatoms. The number of aromatic hydroxyl groups is 1. The number of aromatic carboxylic acids is 1. The van der Waals surface area contributed by atoms with Crippen LogP contribution in [0, 0.1) is 6.92 Å². The zero-order valence-electron chi connectivity index (χ0n) is 14.7. The van der Waals surface area contributed by atoms with E-state index in [0.717, 1.165) is 23.0 Å². The number of benzene rings is 3. The van der Waals surface area contributed by atoms with Crippen molar-refractivity contribution in [2.24, 2.45) is 0 Å². The average Bonchev–Trinajstić information content (AvgIpc) is 2.68. The minimum Gasteiger partial charge on any atom is -0.507 e. The maximum absolute atomic E-state index is 11.2. The van der Waals surface area contributed by atoms with Crippen LogP contribution in [-0.4, -0.2) is 22.5 Å². The maximum Gasteiger partial charge on any atom is 0.339 e. The lowest BCUT2D eigenvalue weighted by Crippen LogP contribution is -2.03. The van der Waals surface area contributed by atoms with E-state index in [1.807, 2.05) is 24.3 Å². The third-order valence-electron chi connectivity index (χ3n) is 4.19. The van der Waals surface area contributed by atoms with Gasteiger partial charge in [0.15, 0.2) is 6.29 Å². The van der Waals surface area contributed by atoms with Crippen molar-refractivity contribution in [3.63, 3.8) is 0 Å². The number of ether oxygens (including phenoxy) is 1. The van der Waals surface area contributed by atoms with Gasteiger partial charge in [0.05, 0.1) is 0 Å². The van der Waals surface area contributed by atoms with Crippen molar-refractivity contribution in [1.29, 1.82) is 0 Å². The molecule has 0 aliphatic rings. The van der Waals surface area contributed by atoms with E-state index in [4.69, 9.17) is 4.74 Å². The summed E-state index contributed by atoms with van der Waals surface area (Å²) in [7, 11) is 0. The first kappa shape index (κ1) is 18.2. The molecule has 0 amide bonds. The van der Waals surface area contributed by atoms with E-state index in [0.29, 0.717) is 16.9 Å². The summed E-state index contributed by atoms with van der Waals surface area (Å²) >= 11 is 0. The van der Waals surface area contributed by atoms with Crippen LogP contribution in [0.5, 0.6) is 11.5 Å². The van der Waals surface area contributed by atoms with Gasteiger partial charge in [0.1, 0.15) is 23.7 Å². The molecule has 2 N–H and O–H groups in total. The van der Waals surface area contributed by atoms with E-state index in [9.17, 15) is 19.8 Å². The molecule has 0 aliphatic carbocycles. The van der Waals surface area contributed by atoms with Gasteiger partial charge in [-0.25, -0.2) is 4.79 Å². The molecular formula is C22H18O5. The first-order valence-corrected chi connectivity index (χ1v) is 8.33. The summed E-state index contributed by atoms with van der Waals surface area (Å²) in [6, 6.07) is 17.6. The van der Waals surface area contributed by atoms with Crippen LogP contribution >= 0.6 is 0 Å². The number of carbonyl (C=O) groups excluding carboxylic acids is 1. The van der Waals surface area contributed by atoms with E-state index >= 15 is 0 Å². The fourth-order valence-corrected chi connectivity index (χ4v) is 2.90. The summed E-state index contributed by atoms with van der Waals surface area (Å²) in [6.07, 6.45) is 0.807. The molecule has 3 aromatic carbocycles. The fraction of sp³-hybridized carbons (Fsp3) is 0.0909. The summed E-state index contributed by atoms with van der Waals surface area (Å²) < 4.78 is 5.76. The first-order valence-electron chi connectivity index (χ1n) is 8.33. The molecule has 136 valence electrons. The number of hydrogen-bond acceptors (Lipinski definition) is 4. The molecule has 0 saturated carbocycles. The predicted molar refractivity (Wildman–Crippen MR) is 101 cm³/mol. The molecule has 0 radical (unpaired) electrons. The van der Waals surface area contributed by atoms with Crippen molar-refractivity contribution in [2.75, 3.05) is 0 Å². The van der Waals surface area contributed by atoms with Gasteiger partial charge >= 0.3 is 5.97 Å². The minimum atomic E-state index is -1.19. The Hall–Kier alpha value is -3.60. The van der Waals surface area contributed by atoms with Crippen molar-refractivity contribution >= 4 is 12.3 Å². The Morgan fingerprint density at radius 3 is 2.59 bits per heavy atom. The Morgan fingerprint density at radius 2 is 1.85 bits per heavy atom. The largest absolute Gasteiger partial charge is 0.507 e. The molecule has 0 bridgehead atoms. The number of hydrogen-bond donors (Lipinski definition) is 2. The normalized spacial score (nSPS) is 10.4. The SMILES string of the molecule is Cc1cc(COc2cccc(-c3ccccc3C=O)c2)c(O)c(C(=O)O)c1. The molecule has 0 aromatic heterocycles. The van der Waals surface area contributed by atoms with E-state index < -0.39 is 5.97 Å². The third-order valence-corrected chi connectivity index (χ3v) is 4.19. The third kappa shape index (κ3) is 3.98. The maximum atomic E-state index is 11.2. The van der Waals surface area contributed by atoms with Gasteiger partial charge in [-0.3, -0.25) is 4.79 Å². The van der Waals surface area contributed by atoms with Crippen LogP contribution in [0.25, 0.3) is 11.1 Å². The fourth-order valence-electron chi connectivity index (χ4n) is 2.90. The van der Waals surface area contributed by atoms with Gasteiger partial charge in [-0.05, 0) is 47.9 Å². The van der Waals surface area contributed by atoms with Crippen molar-refractivity contribution in [2.45, 2.75) is 13.5 Å². The molecule has 3 rings (SSSR count). The molecule has 5 nitrogen and oxygen atoms in total. The van der Waals surface area contributed by atoms with E-state index in [1.165, 1.54) is 6.07 Å². The highest BCUT2D eigenvalue weighted by Crippen LogP contribution is 2.29. The number of aldehydes is 1. The lowest BCUT2D eigenvalue weighted by Gasteiger charge is -2.12. The highest BCUT2D eigenvalue weighted by molar-refractivity contribution is 5.91. The lowest BCUT2D eigenvalue weighted by atomic mass is 10.0. The van der Waals surface area contributed by atoms with Crippen LogP contribution in [0.2, 0.25) is 0 Å². The van der Waals surface area contributed by atoms with Crippen molar-refractivity contribution < 1.29 is 24.5 Å². The van der Waals surface area contributed by atoms with Crippen molar-refractivity contribution in [3.8, 4) is 22.6 Å². The minimum absolute atomic E-state index is 0.0204. The number of carboxylic acids is 1. The lowest BCUT2D eigenvalue weighted by molar-refractivity contribution is 0.0693. The van der Waals surface area contributed by atoms with Crippen LogP contribution in [0.1, 0.15) is 31.8 Å². The Kier molecular flexibility index (Phi) is 5.22. The molecule has 0 heterocycles. The van der Waals surface area contributed by atoms with Gasteiger partial charge in [-0.15, -0.1) is 0 Å². The number of phenols is 1. The van der Waals surface area contributed by atoms with Gasteiger partial charge in [-0.1, -0.05) is 36.4 Å². The second-order valence-electron chi connectivity index (χ2n) is 6.15. The molecular weight excluding hydrogens is 344 g/mol. The van der Waals surface area contributed by atoms with Crippen molar-refractivity contribution in [1.82, 2.24) is 0 Å². The Bertz CT molecular complexity index is 1010. The van der Waals surface area contributed by atoms with Crippen LogP contribution in [0.4, 0.5) is 0 Å². The van der Waals surface area contributed by atoms with E-state index in [1.54, 1.807) is 37.3 Å². The standard InChI is InChI=1S/C22H18O5/c1-14-9-17(21(24)20(10-14)22(25)26)13-27-18-7-4-6-15(11-18)19-8-3-2-5-16(19)12-23/h2-12,24H,13H2,1H3,(H,25,26). The topological polar surface area (TPSA) is 83.8 Å². The summed E-state index contributed by atoms with van der Waals surface area (Å²) in [6.45, 7) is 1.78. The molecule has 0 fully saturated rings. The molecule has 0 aliphatic heterocycles. The molecule has 0 saturated heterocycles. The van der Waals surface area contributed by atoms with Crippen LogP contribution < -0.4 is 4.74 Å². The van der Waals surface area contributed by atoms with Gasteiger partial charge in [0.25, 0.3) is 0 Å². The quantitative estimate of drug-likeness (QED) is 0.633. The van der Waals surface area contributed by atoms with Crippen LogP contribution in [0.3, 0.4) is 0 Å². The smallest absolute Gasteiger partial charge is 0.339 e. The van der Waals surface area contributed by atoms with Gasteiger partial charge in [0, 0.05) is 11.1 Å². The van der Waals surface area contributed by atoms with E-state index in [2.05, 4.69) is 0 Å². The Morgan fingerprint density at radius 1 is 1.07 bits per heavy atom. The molecule has 27 heavy (non-hydrogen) atoms. The Balaban J connectivity index is 1.86. The summed E-state index contributed by atoms with van der Waals surface area (Å²) in [5.74, 6) is -0.938. The van der Waals surface area contributed by atoms with Gasteiger partial charge in [-0.2, -0.15) is 0 Å². The number of carbonyl (C=O) groups is 2. The zero-order valence-corrected chi connectivity index (χ0v) is 14.7. The average molecular weight is 362 g/mol. The molecule has 3 aromatic rings. The van der Waals surface area contributed by atoms with Gasteiger partial charge < -0.3 is 14.9 Å². The zero-order chi connectivity index (χ0) is 19.4. The summed E-state index contributed by atoms with van der Waals surface area (Å²) in [4.78, 5) is 22.5. The summed E-state index contributed by atoms with van der Waals surface area (Å²) in [5, 5.41) is 19.3. The Labute approximate surface area is 156 Å².